The number of hydrogen-bond donors (Lipinski definition) is 2. The summed E-state index contributed by atoms with van der Waals surface area (Å²) < 4.78 is 61.8. The number of rotatable bonds is 30. The number of methoxy groups -OCH3 is 3. The summed E-state index contributed by atoms with van der Waals surface area (Å²) in [6.45, 7) is 2.55. The van der Waals surface area contributed by atoms with Gasteiger partial charge in [-0.3, -0.25) is 47.1 Å². The fourth-order valence-corrected chi connectivity index (χ4v) is 9.31. The van der Waals surface area contributed by atoms with Crippen LogP contribution in [-0.2, 0) is 46.6 Å². The molecule has 0 radical (unpaired) electrons. The Bertz CT molecular complexity index is 1910. The molecule has 4 rings (SSSR count). The quantitative estimate of drug-likeness (QED) is 0.0775. The zero-order valence-electron chi connectivity index (χ0n) is 37.4. The van der Waals surface area contributed by atoms with Crippen LogP contribution in [0.25, 0.3) is 0 Å². The minimum atomic E-state index is -4.18. The van der Waals surface area contributed by atoms with Crippen LogP contribution in [0.5, 0.6) is 0 Å². The van der Waals surface area contributed by atoms with Crippen molar-refractivity contribution in [2.45, 2.75) is 153 Å². The van der Waals surface area contributed by atoms with Gasteiger partial charge in [-0.15, -0.1) is 0 Å². The van der Waals surface area contributed by atoms with Gasteiger partial charge in [0.05, 0.1) is 12.7 Å². The molecular formula is C42H70N5O14P. The van der Waals surface area contributed by atoms with E-state index >= 15 is 0 Å². The van der Waals surface area contributed by atoms with Crippen molar-refractivity contribution in [3.8, 4) is 0 Å². The number of phosphoric ester groups is 1. The summed E-state index contributed by atoms with van der Waals surface area (Å²) in [7, 11) is 2.47. The van der Waals surface area contributed by atoms with Crippen molar-refractivity contribution in [2.24, 2.45) is 5.92 Å². The van der Waals surface area contributed by atoms with E-state index in [9.17, 15) is 28.5 Å². The van der Waals surface area contributed by atoms with E-state index in [4.69, 9.17) is 37.3 Å². The summed E-state index contributed by atoms with van der Waals surface area (Å²) in [5, 5.41) is 0. The Hall–Kier alpha value is -3.26. The van der Waals surface area contributed by atoms with Gasteiger partial charge in [0.25, 0.3) is 11.1 Å². The molecule has 2 aromatic heterocycles. The van der Waals surface area contributed by atoms with Crippen molar-refractivity contribution in [3.63, 3.8) is 0 Å². The van der Waals surface area contributed by atoms with Gasteiger partial charge in [-0.1, -0.05) is 96.8 Å². The number of nitrogens with zero attached hydrogens (tertiary/aromatic N) is 3. The van der Waals surface area contributed by atoms with E-state index < -0.39 is 79.2 Å². The Kier molecular flexibility index (Phi) is 22.0. The zero-order valence-corrected chi connectivity index (χ0v) is 38.3. The molecular weight excluding hydrogens is 829 g/mol. The largest absolute Gasteiger partial charge is 0.474 e. The molecule has 2 aliphatic heterocycles. The molecule has 2 fully saturated rings. The number of carbonyl (C=O) groups excluding carboxylic acids is 1. The summed E-state index contributed by atoms with van der Waals surface area (Å²) >= 11 is 0. The van der Waals surface area contributed by atoms with Crippen molar-refractivity contribution in [1.29, 1.82) is 0 Å². The number of H-pyrrole nitrogens is 2. The van der Waals surface area contributed by atoms with Crippen LogP contribution in [0, 0.1) is 5.92 Å². The zero-order chi connectivity index (χ0) is 45.1. The first-order valence-electron chi connectivity index (χ1n) is 22.1. The molecule has 20 heteroatoms. The Morgan fingerprint density at radius 2 is 1.15 bits per heavy atom. The second-order valence-corrected chi connectivity index (χ2v) is 17.9. The molecule has 0 saturated carbocycles. The van der Waals surface area contributed by atoms with Gasteiger partial charge >= 0.3 is 19.2 Å². The molecule has 2 saturated heterocycles. The van der Waals surface area contributed by atoms with Gasteiger partial charge in [0.2, 0.25) is 5.91 Å². The van der Waals surface area contributed by atoms with Crippen LogP contribution >= 0.6 is 7.82 Å². The smallest absolute Gasteiger partial charge is 0.382 e. The molecule has 0 spiro atoms. The van der Waals surface area contributed by atoms with Gasteiger partial charge in [0, 0.05) is 85.5 Å². The lowest BCUT2D eigenvalue weighted by atomic mass is 9.93. The first kappa shape index (κ1) is 51.4. The maximum atomic E-state index is 14.7. The van der Waals surface area contributed by atoms with E-state index in [2.05, 4.69) is 16.9 Å². The standard InChI is InChI=1S/C42H70N5O14P/c1-7-8-9-10-11-12-13-14-15-16-17-18-19-20-21-24-45(35(50)27-30-32(29-54-2)60-39(36(30)55-3)46-25-22-33(48)43-41(46)51)28-31-37(61-62(53,57-5)58-6)38(56-4)40(59-31)47-26-23-34(49)44-42(47)52/h22-23,25-26,30-32,36-40H,7-21,24,27-29H2,1-6H3,(H,43,48,51)(H,44,49,52)/t30?,31-,32-,36?,37+,38?,39-,40-/m1/s1. The van der Waals surface area contributed by atoms with Gasteiger partial charge < -0.3 is 28.6 Å². The first-order chi connectivity index (χ1) is 29.9. The predicted molar refractivity (Wildman–Crippen MR) is 230 cm³/mol. The second kappa shape index (κ2) is 26.5. The van der Waals surface area contributed by atoms with E-state index in [1.165, 1.54) is 109 Å². The highest BCUT2D eigenvalue weighted by Crippen LogP contribution is 2.52. The average Bonchev–Trinajstić information content (AvgIpc) is 3.77. The number of carbonyl (C=O) groups is 1. The summed E-state index contributed by atoms with van der Waals surface area (Å²) in [6.07, 6.45) is 13.3. The monoisotopic (exact) mass is 899 g/mol. The molecule has 2 aliphatic rings. The molecule has 0 bridgehead atoms. The summed E-state index contributed by atoms with van der Waals surface area (Å²) in [4.78, 5) is 70.4. The minimum Gasteiger partial charge on any atom is -0.382 e. The molecule has 4 heterocycles. The Balaban J connectivity index is 1.52. The van der Waals surface area contributed by atoms with Gasteiger partial charge in [-0.25, -0.2) is 14.2 Å². The van der Waals surface area contributed by atoms with Crippen molar-refractivity contribution in [3.05, 3.63) is 66.2 Å². The average molecular weight is 900 g/mol. The summed E-state index contributed by atoms with van der Waals surface area (Å²) in [6, 6.07) is 2.36. The maximum absolute atomic E-state index is 14.7. The molecule has 62 heavy (non-hydrogen) atoms. The fourth-order valence-electron chi connectivity index (χ4n) is 8.43. The van der Waals surface area contributed by atoms with Crippen molar-refractivity contribution >= 4 is 13.7 Å². The number of aromatic amines is 2. The van der Waals surface area contributed by atoms with E-state index in [0.29, 0.717) is 13.0 Å². The molecule has 0 aromatic carbocycles. The normalized spacial score (nSPS) is 23.9. The van der Waals surface area contributed by atoms with Crippen LogP contribution in [0.15, 0.2) is 43.7 Å². The van der Waals surface area contributed by atoms with E-state index in [-0.39, 0.29) is 25.5 Å². The van der Waals surface area contributed by atoms with E-state index in [0.717, 1.165) is 50.5 Å². The van der Waals surface area contributed by atoms with Crippen molar-refractivity contribution in [2.75, 3.05) is 55.2 Å². The molecule has 352 valence electrons. The number of aromatic nitrogens is 4. The van der Waals surface area contributed by atoms with Crippen LogP contribution in [0.3, 0.4) is 0 Å². The van der Waals surface area contributed by atoms with Crippen LogP contribution in [0.2, 0.25) is 0 Å². The van der Waals surface area contributed by atoms with Crippen LogP contribution < -0.4 is 22.5 Å². The predicted octanol–water partition coefficient (Wildman–Crippen LogP) is 5.05. The van der Waals surface area contributed by atoms with Gasteiger partial charge in [-0.05, 0) is 6.42 Å². The SMILES string of the molecule is CCCCCCCCCCCCCCCCCN(C[C@H]1O[C@@H](n2ccc(=O)[nH]c2=O)C(OC)[C@H]1OP(=O)(OC)OC)C(=O)CC1C(OC)[C@H](n2ccc(=O)[nH]c2=O)O[C@@H]1COC. The van der Waals surface area contributed by atoms with Gasteiger partial charge in [0.15, 0.2) is 12.5 Å². The lowest BCUT2D eigenvalue weighted by Gasteiger charge is -2.31. The number of amides is 1. The van der Waals surface area contributed by atoms with Crippen molar-refractivity contribution < 1.29 is 46.6 Å². The molecule has 3 unspecified atom stereocenters. The van der Waals surface area contributed by atoms with Gasteiger partial charge in [0.1, 0.15) is 24.4 Å². The molecule has 0 aliphatic carbocycles. The van der Waals surface area contributed by atoms with E-state index in [1.54, 1.807) is 4.90 Å². The first-order valence-corrected chi connectivity index (χ1v) is 23.6. The highest BCUT2D eigenvalue weighted by atomic mass is 31.2. The molecule has 19 nitrogen and oxygen atoms in total. The minimum absolute atomic E-state index is 0.0849. The van der Waals surface area contributed by atoms with Crippen LogP contribution in [0.1, 0.15) is 122 Å². The Morgan fingerprint density at radius 1 is 0.677 bits per heavy atom. The van der Waals surface area contributed by atoms with Gasteiger partial charge in [-0.2, -0.15) is 0 Å². The Labute approximate surface area is 363 Å². The fraction of sp³-hybridized carbons (Fsp3) is 0.786. The second-order valence-electron chi connectivity index (χ2n) is 16.1. The molecule has 2 aromatic rings. The van der Waals surface area contributed by atoms with Crippen LogP contribution in [-0.4, -0.2) is 116 Å². The number of unbranched alkanes of at least 4 members (excludes halogenated alkanes) is 14. The third-order valence-electron chi connectivity index (χ3n) is 11.8. The van der Waals surface area contributed by atoms with E-state index in [1.807, 2.05) is 0 Å². The highest BCUT2D eigenvalue weighted by molar-refractivity contribution is 7.48. The number of phosphoric acid groups is 1. The third-order valence-corrected chi connectivity index (χ3v) is 13.2. The lowest BCUT2D eigenvalue weighted by molar-refractivity contribution is -0.137. The van der Waals surface area contributed by atoms with Crippen molar-refractivity contribution in [1.82, 2.24) is 24.0 Å². The molecule has 2 N–H and O–H groups in total. The summed E-state index contributed by atoms with van der Waals surface area (Å²) in [5.41, 5.74) is -2.65. The Morgan fingerprint density at radius 3 is 1.60 bits per heavy atom. The maximum Gasteiger partial charge on any atom is 0.474 e. The molecule has 8 atom stereocenters. The van der Waals surface area contributed by atoms with Crippen LogP contribution in [0.4, 0.5) is 0 Å². The third kappa shape index (κ3) is 14.6. The molecule has 1 amide bonds. The lowest BCUT2D eigenvalue weighted by Crippen LogP contribution is -2.46. The highest BCUT2D eigenvalue weighted by Gasteiger charge is 2.52. The number of hydrogen-bond acceptors (Lipinski definition) is 14. The topological polar surface area (TPSA) is 221 Å². The number of nitrogens with one attached hydrogen (secondary N) is 2. The summed E-state index contributed by atoms with van der Waals surface area (Å²) in [5.74, 6) is -0.901. The number of ether oxygens (including phenoxy) is 5.